The van der Waals surface area contributed by atoms with Gasteiger partial charge in [-0.2, -0.15) is 0 Å². The Bertz CT molecular complexity index is 547. The van der Waals surface area contributed by atoms with Gasteiger partial charge in [0, 0.05) is 13.1 Å². The molecule has 1 aromatic carbocycles. The van der Waals surface area contributed by atoms with Gasteiger partial charge in [0.2, 0.25) is 5.91 Å². The van der Waals surface area contributed by atoms with Crippen molar-refractivity contribution in [3.63, 3.8) is 0 Å². The molecule has 0 saturated heterocycles. The molecule has 0 aliphatic rings. The summed E-state index contributed by atoms with van der Waals surface area (Å²) >= 11 is 0. The largest absolute Gasteiger partial charge is 0.493 e. The van der Waals surface area contributed by atoms with Crippen molar-refractivity contribution < 1.29 is 14.3 Å². The van der Waals surface area contributed by atoms with Gasteiger partial charge in [-0.25, -0.2) is 4.99 Å². The van der Waals surface area contributed by atoms with E-state index in [4.69, 9.17) is 9.47 Å². The molecule has 24 heavy (non-hydrogen) atoms. The van der Waals surface area contributed by atoms with Crippen LogP contribution in [0.5, 0.6) is 11.5 Å². The summed E-state index contributed by atoms with van der Waals surface area (Å²) in [6.07, 6.45) is 0.916. The first-order chi connectivity index (χ1) is 11.6. The number of benzene rings is 1. The van der Waals surface area contributed by atoms with Crippen LogP contribution in [0.3, 0.4) is 0 Å². The first-order valence-electron chi connectivity index (χ1n) is 8.14. The first kappa shape index (κ1) is 19.6. The number of nitrogens with zero attached hydrogens (tertiary/aromatic N) is 1. The van der Waals surface area contributed by atoms with Crippen LogP contribution in [0.4, 0.5) is 0 Å². The Balaban J connectivity index is 2.66. The summed E-state index contributed by atoms with van der Waals surface area (Å²) in [5.41, 5.74) is 0.986. The molecule has 0 heterocycles. The maximum atomic E-state index is 11.7. The van der Waals surface area contributed by atoms with Crippen molar-refractivity contribution in [1.82, 2.24) is 16.0 Å². The minimum absolute atomic E-state index is 0.0476. The Morgan fingerprint density at radius 2 is 1.83 bits per heavy atom. The van der Waals surface area contributed by atoms with E-state index in [1.807, 2.05) is 32.0 Å². The Morgan fingerprint density at radius 3 is 2.46 bits per heavy atom. The lowest BCUT2D eigenvalue weighted by atomic mass is 10.2. The van der Waals surface area contributed by atoms with Crippen LogP contribution in [0, 0.1) is 0 Å². The van der Waals surface area contributed by atoms with Crippen LogP contribution in [0.2, 0.25) is 0 Å². The van der Waals surface area contributed by atoms with Gasteiger partial charge in [0.25, 0.3) is 0 Å². The standard InChI is InChI=1S/C17H28N4O3/c1-5-9-19-16(22)12-21-17(18-6-2)20-11-13-7-8-14(23-3)15(10-13)24-4/h7-8,10H,5-6,9,11-12H2,1-4H3,(H,19,22)(H2,18,20,21). The Hall–Kier alpha value is -2.44. The smallest absolute Gasteiger partial charge is 0.239 e. The minimum atomic E-state index is -0.0476. The van der Waals surface area contributed by atoms with Gasteiger partial charge >= 0.3 is 0 Å². The molecule has 0 fully saturated rings. The van der Waals surface area contributed by atoms with E-state index in [0.717, 1.165) is 12.0 Å². The summed E-state index contributed by atoms with van der Waals surface area (Å²) in [4.78, 5) is 16.1. The third-order valence-electron chi connectivity index (χ3n) is 3.20. The van der Waals surface area contributed by atoms with Crippen LogP contribution in [-0.2, 0) is 11.3 Å². The van der Waals surface area contributed by atoms with Crippen molar-refractivity contribution in [1.29, 1.82) is 0 Å². The van der Waals surface area contributed by atoms with Crippen molar-refractivity contribution in [2.45, 2.75) is 26.8 Å². The predicted octanol–water partition coefficient (Wildman–Crippen LogP) is 1.29. The molecule has 0 aliphatic carbocycles. The molecule has 1 amide bonds. The molecule has 0 atom stereocenters. The molecular formula is C17H28N4O3. The van der Waals surface area contributed by atoms with Gasteiger partial charge in [0.05, 0.1) is 27.3 Å². The van der Waals surface area contributed by atoms with E-state index >= 15 is 0 Å². The molecule has 0 aliphatic heterocycles. The molecule has 0 unspecified atom stereocenters. The van der Waals surface area contributed by atoms with Crippen molar-refractivity contribution >= 4 is 11.9 Å². The highest BCUT2D eigenvalue weighted by molar-refractivity contribution is 5.86. The first-order valence-corrected chi connectivity index (χ1v) is 8.14. The van der Waals surface area contributed by atoms with E-state index in [1.165, 1.54) is 0 Å². The van der Waals surface area contributed by atoms with Gasteiger partial charge < -0.3 is 25.4 Å². The van der Waals surface area contributed by atoms with Gasteiger partial charge in [-0.3, -0.25) is 4.79 Å². The fourth-order valence-corrected chi connectivity index (χ4v) is 1.98. The summed E-state index contributed by atoms with van der Waals surface area (Å²) in [6.45, 7) is 6.05. The number of hydrogen-bond donors (Lipinski definition) is 3. The van der Waals surface area contributed by atoms with Gasteiger partial charge in [-0.05, 0) is 31.0 Å². The number of carbonyl (C=O) groups excluding carboxylic acids is 1. The summed E-state index contributed by atoms with van der Waals surface area (Å²) in [5.74, 6) is 1.90. The van der Waals surface area contributed by atoms with Crippen molar-refractivity contribution in [3.8, 4) is 11.5 Å². The fraction of sp³-hybridized carbons (Fsp3) is 0.529. The highest BCUT2D eigenvalue weighted by Crippen LogP contribution is 2.27. The van der Waals surface area contributed by atoms with Crippen LogP contribution >= 0.6 is 0 Å². The molecule has 1 aromatic rings. The second kappa shape index (κ2) is 11.2. The highest BCUT2D eigenvalue weighted by atomic mass is 16.5. The summed E-state index contributed by atoms with van der Waals surface area (Å²) in [7, 11) is 3.21. The van der Waals surface area contributed by atoms with Crippen LogP contribution in [0.1, 0.15) is 25.8 Å². The van der Waals surface area contributed by atoms with Crippen molar-refractivity contribution in [3.05, 3.63) is 23.8 Å². The lowest BCUT2D eigenvalue weighted by molar-refractivity contribution is -0.120. The molecular weight excluding hydrogens is 308 g/mol. The van der Waals surface area contributed by atoms with E-state index in [9.17, 15) is 4.79 Å². The molecule has 0 aromatic heterocycles. The number of methoxy groups -OCH3 is 2. The van der Waals surface area contributed by atoms with E-state index in [2.05, 4.69) is 20.9 Å². The maximum absolute atomic E-state index is 11.7. The number of rotatable bonds is 9. The normalized spacial score (nSPS) is 10.9. The number of aliphatic imine (C=N–C) groups is 1. The highest BCUT2D eigenvalue weighted by Gasteiger charge is 2.06. The number of carbonyl (C=O) groups is 1. The van der Waals surface area contributed by atoms with Crippen LogP contribution < -0.4 is 25.4 Å². The number of amides is 1. The van der Waals surface area contributed by atoms with Gasteiger partial charge in [-0.1, -0.05) is 13.0 Å². The average molecular weight is 336 g/mol. The zero-order valence-electron chi connectivity index (χ0n) is 14.9. The molecule has 0 spiro atoms. The predicted molar refractivity (Wildman–Crippen MR) is 95.7 cm³/mol. The number of ether oxygens (including phenoxy) is 2. The molecule has 0 bridgehead atoms. The lowest BCUT2D eigenvalue weighted by Crippen LogP contribution is -2.43. The van der Waals surface area contributed by atoms with E-state index in [-0.39, 0.29) is 12.5 Å². The van der Waals surface area contributed by atoms with Gasteiger partial charge in [-0.15, -0.1) is 0 Å². The molecule has 0 radical (unpaired) electrons. The summed E-state index contributed by atoms with van der Waals surface area (Å²) in [6, 6.07) is 5.67. The van der Waals surface area contributed by atoms with E-state index < -0.39 is 0 Å². The quantitative estimate of drug-likeness (QED) is 0.467. The molecule has 7 nitrogen and oxygen atoms in total. The summed E-state index contributed by atoms with van der Waals surface area (Å²) < 4.78 is 10.5. The van der Waals surface area contributed by atoms with Crippen LogP contribution in [0.15, 0.2) is 23.2 Å². The topological polar surface area (TPSA) is 84.0 Å². The maximum Gasteiger partial charge on any atom is 0.239 e. The summed E-state index contributed by atoms with van der Waals surface area (Å²) in [5, 5.41) is 8.96. The van der Waals surface area contributed by atoms with E-state index in [0.29, 0.717) is 37.1 Å². The second-order valence-electron chi connectivity index (χ2n) is 5.09. The molecule has 1 rings (SSSR count). The minimum Gasteiger partial charge on any atom is -0.493 e. The molecule has 134 valence electrons. The van der Waals surface area contributed by atoms with Crippen molar-refractivity contribution in [2.75, 3.05) is 33.9 Å². The lowest BCUT2D eigenvalue weighted by Gasteiger charge is -2.12. The van der Waals surface area contributed by atoms with Gasteiger partial charge in [0.1, 0.15) is 0 Å². The fourth-order valence-electron chi connectivity index (χ4n) is 1.98. The third kappa shape index (κ3) is 6.76. The number of guanidine groups is 1. The average Bonchev–Trinajstić information content (AvgIpc) is 2.61. The monoisotopic (exact) mass is 336 g/mol. The third-order valence-corrected chi connectivity index (χ3v) is 3.20. The Morgan fingerprint density at radius 1 is 1.08 bits per heavy atom. The Kier molecular flexibility index (Phi) is 9.11. The molecule has 3 N–H and O–H groups in total. The van der Waals surface area contributed by atoms with Gasteiger partial charge in [0.15, 0.2) is 17.5 Å². The zero-order chi connectivity index (χ0) is 17.8. The van der Waals surface area contributed by atoms with Crippen LogP contribution in [0.25, 0.3) is 0 Å². The van der Waals surface area contributed by atoms with Crippen LogP contribution in [-0.4, -0.2) is 45.7 Å². The second-order valence-corrected chi connectivity index (χ2v) is 5.09. The molecule has 7 heteroatoms. The van der Waals surface area contributed by atoms with E-state index in [1.54, 1.807) is 14.2 Å². The number of nitrogens with one attached hydrogen (secondary N) is 3. The zero-order valence-corrected chi connectivity index (χ0v) is 14.9. The molecule has 0 saturated carbocycles. The SMILES string of the molecule is CCCNC(=O)CNC(=NCc1ccc(OC)c(OC)c1)NCC. The number of hydrogen-bond acceptors (Lipinski definition) is 4. The van der Waals surface area contributed by atoms with Crippen molar-refractivity contribution in [2.24, 2.45) is 4.99 Å². The Labute approximate surface area is 143 Å².